The second kappa shape index (κ2) is 6.37. The number of carbonyl (C=O) groups excluding carboxylic acids is 1. The lowest BCUT2D eigenvalue weighted by Crippen LogP contribution is -2.26. The van der Waals surface area contributed by atoms with E-state index < -0.39 is 0 Å². The van der Waals surface area contributed by atoms with Crippen molar-refractivity contribution >= 4 is 33.4 Å². The van der Waals surface area contributed by atoms with Gasteiger partial charge in [-0.25, -0.2) is 4.39 Å². The number of halogens is 3. The van der Waals surface area contributed by atoms with Crippen molar-refractivity contribution in [3.63, 3.8) is 0 Å². The molecule has 0 heterocycles. The van der Waals surface area contributed by atoms with Gasteiger partial charge in [0, 0.05) is 10.0 Å². The van der Waals surface area contributed by atoms with Crippen molar-refractivity contribution < 1.29 is 9.18 Å². The van der Waals surface area contributed by atoms with Crippen LogP contribution in [0.3, 0.4) is 0 Å². The van der Waals surface area contributed by atoms with Gasteiger partial charge in [0.1, 0.15) is 5.82 Å². The SMILES string of the molecule is CC(NC(=O)c1ccc(Br)c(Cl)c1)c1cccc(F)c1. The number of hydrogen-bond donors (Lipinski definition) is 1. The van der Waals surface area contributed by atoms with E-state index in [1.165, 1.54) is 12.1 Å². The van der Waals surface area contributed by atoms with E-state index >= 15 is 0 Å². The van der Waals surface area contributed by atoms with Gasteiger partial charge in [-0.1, -0.05) is 23.7 Å². The molecule has 0 radical (unpaired) electrons. The van der Waals surface area contributed by atoms with Crippen LogP contribution in [-0.2, 0) is 0 Å². The van der Waals surface area contributed by atoms with Crippen molar-refractivity contribution in [1.82, 2.24) is 5.32 Å². The molecule has 0 aliphatic carbocycles. The van der Waals surface area contributed by atoms with E-state index in [1.54, 1.807) is 37.3 Å². The Morgan fingerprint density at radius 2 is 2.05 bits per heavy atom. The summed E-state index contributed by atoms with van der Waals surface area (Å²) in [6.45, 7) is 1.80. The summed E-state index contributed by atoms with van der Waals surface area (Å²) in [5.74, 6) is -0.577. The van der Waals surface area contributed by atoms with Crippen LogP contribution in [0.4, 0.5) is 4.39 Å². The Morgan fingerprint density at radius 3 is 2.70 bits per heavy atom. The minimum atomic E-state index is -0.324. The molecule has 0 aliphatic rings. The normalized spacial score (nSPS) is 12.0. The predicted molar refractivity (Wildman–Crippen MR) is 81.4 cm³/mol. The molecule has 2 aromatic rings. The molecule has 0 fully saturated rings. The highest BCUT2D eigenvalue weighted by Gasteiger charge is 2.13. The zero-order valence-corrected chi connectivity index (χ0v) is 13.0. The van der Waals surface area contributed by atoms with Gasteiger partial charge in [-0.2, -0.15) is 0 Å². The molecule has 1 amide bonds. The van der Waals surface area contributed by atoms with Crippen LogP contribution in [0.15, 0.2) is 46.9 Å². The van der Waals surface area contributed by atoms with Crippen molar-refractivity contribution in [3.8, 4) is 0 Å². The van der Waals surface area contributed by atoms with Crippen LogP contribution in [0.5, 0.6) is 0 Å². The van der Waals surface area contributed by atoms with Gasteiger partial charge >= 0.3 is 0 Å². The third-order valence-corrected chi connectivity index (χ3v) is 4.11. The lowest BCUT2D eigenvalue weighted by Gasteiger charge is -2.14. The molecule has 1 N–H and O–H groups in total. The van der Waals surface area contributed by atoms with E-state index in [-0.39, 0.29) is 17.8 Å². The summed E-state index contributed by atoms with van der Waals surface area (Å²) < 4.78 is 13.9. The van der Waals surface area contributed by atoms with Gasteiger partial charge in [-0.3, -0.25) is 4.79 Å². The van der Waals surface area contributed by atoms with Gasteiger partial charge in [-0.15, -0.1) is 0 Å². The van der Waals surface area contributed by atoms with Crippen LogP contribution < -0.4 is 5.32 Å². The number of rotatable bonds is 3. The monoisotopic (exact) mass is 355 g/mol. The average molecular weight is 357 g/mol. The highest BCUT2D eigenvalue weighted by Crippen LogP contribution is 2.23. The maximum Gasteiger partial charge on any atom is 0.251 e. The minimum Gasteiger partial charge on any atom is -0.346 e. The average Bonchev–Trinajstić information content (AvgIpc) is 2.41. The summed E-state index contributed by atoms with van der Waals surface area (Å²) >= 11 is 9.22. The van der Waals surface area contributed by atoms with Crippen LogP contribution in [0.1, 0.15) is 28.9 Å². The van der Waals surface area contributed by atoms with E-state index in [4.69, 9.17) is 11.6 Å². The number of nitrogens with one attached hydrogen (secondary N) is 1. The number of amides is 1. The quantitative estimate of drug-likeness (QED) is 0.846. The number of hydrogen-bond acceptors (Lipinski definition) is 1. The van der Waals surface area contributed by atoms with E-state index in [0.29, 0.717) is 16.1 Å². The molecule has 104 valence electrons. The molecular formula is C15H12BrClFNO. The van der Waals surface area contributed by atoms with Crippen molar-refractivity contribution in [2.24, 2.45) is 0 Å². The van der Waals surface area contributed by atoms with Crippen LogP contribution in [0.2, 0.25) is 5.02 Å². The molecule has 2 nitrogen and oxygen atoms in total. The summed E-state index contributed by atoms with van der Waals surface area (Å²) in [7, 11) is 0. The molecule has 2 aromatic carbocycles. The van der Waals surface area contributed by atoms with Gasteiger partial charge in [0.2, 0.25) is 0 Å². The largest absolute Gasteiger partial charge is 0.346 e. The molecule has 0 saturated carbocycles. The second-order valence-corrected chi connectivity index (χ2v) is 5.64. The van der Waals surface area contributed by atoms with Crippen molar-refractivity contribution in [3.05, 3.63) is 68.9 Å². The van der Waals surface area contributed by atoms with Crippen LogP contribution in [-0.4, -0.2) is 5.91 Å². The molecule has 2 rings (SSSR count). The molecule has 0 saturated heterocycles. The first kappa shape index (κ1) is 15.0. The van der Waals surface area contributed by atoms with E-state index in [2.05, 4.69) is 21.2 Å². The minimum absolute atomic E-state index is 0.254. The molecule has 5 heteroatoms. The summed E-state index contributed by atoms with van der Waals surface area (Å²) in [5, 5.41) is 3.28. The molecule has 20 heavy (non-hydrogen) atoms. The Hall–Kier alpha value is -1.39. The summed E-state index contributed by atoms with van der Waals surface area (Å²) in [4.78, 5) is 12.1. The summed E-state index contributed by atoms with van der Waals surface area (Å²) in [6.07, 6.45) is 0. The number of benzene rings is 2. The highest BCUT2D eigenvalue weighted by atomic mass is 79.9. The van der Waals surface area contributed by atoms with Gasteiger partial charge in [0.05, 0.1) is 11.1 Å². The topological polar surface area (TPSA) is 29.1 Å². The van der Waals surface area contributed by atoms with E-state index in [0.717, 1.165) is 4.47 Å². The Morgan fingerprint density at radius 1 is 1.30 bits per heavy atom. The van der Waals surface area contributed by atoms with Gasteiger partial charge in [-0.05, 0) is 58.7 Å². The van der Waals surface area contributed by atoms with Crippen LogP contribution >= 0.6 is 27.5 Å². The molecular weight excluding hydrogens is 345 g/mol. The second-order valence-electron chi connectivity index (χ2n) is 4.38. The first-order chi connectivity index (χ1) is 9.47. The molecule has 0 aromatic heterocycles. The fraction of sp³-hybridized carbons (Fsp3) is 0.133. The molecule has 1 unspecified atom stereocenters. The van der Waals surface area contributed by atoms with Gasteiger partial charge in [0.25, 0.3) is 5.91 Å². The maximum atomic E-state index is 13.1. The zero-order chi connectivity index (χ0) is 14.7. The zero-order valence-electron chi connectivity index (χ0n) is 10.7. The highest BCUT2D eigenvalue weighted by molar-refractivity contribution is 9.10. The van der Waals surface area contributed by atoms with E-state index in [1.807, 2.05) is 0 Å². The van der Waals surface area contributed by atoms with Crippen LogP contribution in [0.25, 0.3) is 0 Å². The predicted octanol–water partition coefficient (Wildman–Crippen LogP) is 4.73. The number of carbonyl (C=O) groups is 1. The Labute approximate surface area is 130 Å². The fourth-order valence-corrected chi connectivity index (χ4v) is 2.20. The van der Waals surface area contributed by atoms with Gasteiger partial charge in [0.15, 0.2) is 0 Å². The first-order valence-corrected chi connectivity index (χ1v) is 7.16. The fourth-order valence-electron chi connectivity index (χ4n) is 1.78. The Bertz CT molecular complexity index is 648. The molecule has 0 spiro atoms. The standard InChI is InChI=1S/C15H12BrClFNO/c1-9(10-3-2-4-12(18)7-10)19-15(20)11-5-6-13(16)14(17)8-11/h2-9H,1H3,(H,19,20). The molecule has 0 aliphatic heterocycles. The van der Waals surface area contributed by atoms with Crippen molar-refractivity contribution in [1.29, 1.82) is 0 Å². The first-order valence-electron chi connectivity index (χ1n) is 5.99. The van der Waals surface area contributed by atoms with Crippen molar-refractivity contribution in [2.45, 2.75) is 13.0 Å². The Balaban J connectivity index is 2.13. The third-order valence-electron chi connectivity index (χ3n) is 2.88. The van der Waals surface area contributed by atoms with Gasteiger partial charge < -0.3 is 5.32 Å². The van der Waals surface area contributed by atoms with Crippen LogP contribution in [0, 0.1) is 5.82 Å². The third kappa shape index (κ3) is 3.58. The maximum absolute atomic E-state index is 13.1. The lowest BCUT2D eigenvalue weighted by atomic mass is 10.1. The Kier molecular flexibility index (Phi) is 4.78. The van der Waals surface area contributed by atoms with E-state index in [9.17, 15) is 9.18 Å². The van der Waals surface area contributed by atoms with Crippen molar-refractivity contribution in [2.75, 3.05) is 0 Å². The molecule has 1 atom stereocenters. The summed E-state index contributed by atoms with van der Waals surface area (Å²) in [5.41, 5.74) is 1.17. The molecule has 0 bridgehead atoms. The lowest BCUT2D eigenvalue weighted by molar-refractivity contribution is 0.0940. The smallest absolute Gasteiger partial charge is 0.251 e. The summed E-state index contributed by atoms with van der Waals surface area (Å²) in [6, 6.07) is 10.8.